The molecule has 0 radical (unpaired) electrons. The first-order valence-corrected chi connectivity index (χ1v) is 5.57. The molecule has 0 aromatic heterocycles. The van der Waals surface area contributed by atoms with Gasteiger partial charge in [-0.3, -0.25) is 15.2 Å². The van der Waals surface area contributed by atoms with Gasteiger partial charge in [0.05, 0.1) is 0 Å². The summed E-state index contributed by atoms with van der Waals surface area (Å²) in [6, 6.07) is 0.281. The summed E-state index contributed by atoms with van der Waals surface area (Å²) in [4.78, 5) is 15.5. The van der Waals surface area contributed by atoms with Gasteiger partial charge in [-0.1, -0.05) is 13.8 Å². The zero-order valence-electron chi connectivity index (χ0n) is 10.2. The van der Waals surface area contributed by atoms with Gasteiger partial charge in [0.25, 0.3) is 0 Å². The Hall–Kier alpha value is -1.39. The van der Waals surface area contributed by atoms with Crippen LogP contribution in [-0.4, -0.2) is 31.5 Å². The molecule has 0 aromatic carbocycles. The highest BCUT2D eigenvalue weighted by atomic mass is 16.1. The van der Waals surface area contributed by atoms with Crippen molar-refractivity contribution in [1.29, 1.82) is 0 Å². The Labute approximate surface area is 96.4 Å². The molecule has 16 heavy (non-hydrogen) atoms. The lowest BCUT2D eigenvalue weighted by atomic mass is 9.79. The van der Waals surface area contributed by atoms with Crippen molar-refractivity contribution in [2.24, 2.45) is 21.9 Å². The van der Waals surface area contributed by atoms with E-state index >= 15 is 0 Å². The van der Waals surface area contributed by atoms with Crippen LogP contribution < -0.4 is 10.7 Å². The summed E-state index contributed by atoms with van der Waals surface area (Å²) in [5.41, 5.74) is 2.78. The molecule has 0 atom stereocenters. The van der Waals surface area contributed by atoms with Gasteiger partial charge in [0.1, 0.15) is 5.84 Å². The molecule has 5 heteroatoms. The van der Waals surface area contributed by atoms with Crippen molar-refractivity contribution >= 4 is 18.5 Å². The number of carbonyl (C=O) groups excluding carboxylic acids is 1. The summed E-state index contributed by atoms with van der Waals surface area (Å²) in [6.07, 6.45) is 1.85. The summed E-state index contributed by atoms with van der Waals surface area (Å²) in [5, 5.41) is 6.60. The number of nitrogens with zero attached hydrogens (tertiary/aromatic N) is 2. The second kappa shape index (κ2) is 5.63. The van der Waals surface area contributed by atoms with E-state index in [1.165, 1.54) is 0 Å². The first-order chi connectivity index (χ1) is 7.58. The van der Waals surface area contributed by atoms with Crippen molar-refractivity contribution in [2.45, 2.75) is 32.7 Å². The fourth-order valence-electron chi connectivity index (χ4n) is 1.73. The Morgan fingerprint density at radius 3 is 2.50 bits per heavy atom. The van der Waals surface area contributed by atoms with Crippen LogP contribution in [0.15, 0.2) is 10.1 Å². The lowest BCUT2D eigenvalue weighted by Crippen LogP contribution is -2.49. The molecule has 0 aliphatic heterocycles. The van der Waals surface area contributed by atoms with Crippen LogP contribution in [0.3, 0.4) is 0 Å². The molecule has 90 valence electrons. The highest BCUT2D eigenvalue weighted by molar-refractivity contribution is 5.86. The molecule has 0 bridgehead atoms. The zero-order valence-corrected chi connectivity index (χ0v) is 10.2. The maximum absolute atomic E-state index is 11.4. The van der Waals surface area contributed by atoms with E-state index in [1.54, 1.807) is 7.05 Å². The minimum absolute atomic E-state index is 0.0475. The fraction of sp³-hybridized carbons (Fsp3) is 0.727. The van der Waals surface area contributed by atoms with Crippen molar-refractivity contribution in [3.05, 3.63) is 0 Å². The Kier molecular flexibility index (Phi) is 4.46. The monoisotopic (exact) mass is 224 g/mol. The number of hydrogen-bond acceptors (Lipinski definition) is 3. The Bertz CT molecular complexity index is 292. The fourth-order valence-corrected chi connectivity index (χ4v) is 1.73. The molecule has 1 amide bonds. The molecule has 1 fully saturated rings. The number of aliphatic imine (C=N–C) groups is 1. The molecule has 1 aliphatic carbocycles. The van der Waals surface area contributed by atoms with Crippen molar-refractivity contribution in [1.82, 2.24) is 10.7 Å². The van der Waals surface area contributed by atoms with Gasteiger partial charge in [-0.25, -0.2) is 0 Å². The lowest BCUT2D eigenvalue weighted by molar-refractivity contribution is -0.125. The number of rotatable bonds is 4. The van der Waals surface area contributed by atoms with Gasteiger partial charge in [-0.15, -0.1) is 0 Å². The summed E-state index contributed by atoms with van der Waals surface area (Å²) in [7, 11) is 1.73. The van der Waals surface area contributed by atoms with E-state index in [2.05, 4.69) is 27.6 Å². The van der Waals surface area contributed by atoms with Crippen LogP contribution >= 0.6 is 0 Å². The second-order valence-electron chi connectivity index (χ2n) is 4.41. The average molecular weight is 224 g/mol. The Morgan fingerprint density at radius 2 is 2.06 bits per heavy atom. The van der Waals surface area contributed by atoms with Crippen LogP contribution in [0, 0.1) is 11.8 Å². The molecular weight excluding hydrogens is 204 g/mol. The van der Waals surface area contributed by atoms with E-state index in [0.29, 0.717) is 5.92 Å². The average Bonchev–Trinajstić information content (AvgIpc) is 2.19. The van der Waals surface area contributed by atoms with E-state index in [9.17, 15) is 4.79 Å². The molecule has 0 heterocycles. The van der Waals surface area contributed by atoms with Gasteiger partial charge in [0.15, 0.2) is 0 Å². The van der Waals surface area contributed by atoms with E-state index in [4.69, 9.17) is 0 Å². The van der Waals surface area contributed by atoms with Crippen molar-refractivity contribution < 1.29 is 4.79 Å². The lowest BCUT2D eigenvalue weighted by Gasteiger charge is -2.36. The molecule has 2 N–H and O–H groups in total. The Morgan fingerprint density at radius 1 is 1.44 bits per heavy atom. The molecule has 5 nitrogen and oxygen atoms in total. The third kappa shape index (κ3) is 3.05. The molecule has 0 unspecified atom stereocenters. The number of nitrogens with one attached hydrogen (secondary N) is 2. The first kappa shape index (κ1) is 12.7. The minimum Gasteiger partial charge on any atom is -0.353 e. The highest BCUT2D eigenvalue weighted by Gasteiger charge is 2.33. The topological polar surface area (TPSA) is 65.8 Å². The molecular formula is C11H20N4O. The number of amidine groups is 1. The van der Waals surface area contributed by atoms with E-state index in [0.717, 1.165) is 18.7 Å². The molecule has 0 saturated heterocycles. The molecule has 1 rings (SSSR count). The van der Waals surface area contributed by atoms with Crippen LogP contribution in [-0.2, 0) is 4.79 Å². The minimum atomic E-state index is 0.0475. The standard InChI is InChI=1S/C11H20N4O/c1-7(2)11(16)14-9-5-8(6-9)10(12-3)15-13-4/h7-9H,4-6H2,1-3H3,(H,12,15)(H,14,16). The third-order valence-corrected chi connectivity index (χ3v) is 2.83. The summed E-state index contributed by atoms with van der Waals surface area (Å²) < 4.78 is 0. The van der Waals surface area contributed by atoms with Crippen LogP contribution in [0.5, 0.6) is 0 Å². The SMILES string of the molecule is C=NNC(=NC)C1CC(NC(=O)C(C)C)C1. The largest absolute Gasteiger partial charge is 0.353 e. The summed E-state index contributed by atoms with van der Waals surface area (Å²) in [5.74, 6) is 1.39. The molecule has 1 saturated carbocycles. The van der Waals surface area contributed by atoms with Gasteiger partial charge < -0.3 is 5.32 Å². The van der Waals surface area contributed by atoms with E-state index in [1.807, 2.05) is 13.8 Å². The molecule has 0 spiro atoms. The van der Waals surface area contributed by atoms with Crippen molar-refractivity contribution in [3.63, 3.8) is 0 Å². The first-order valence-electron chi connectivity index (χ1n) is 5.57. The number of amides is 1. The predicted octanol–water partition coefficient (Wildman–Crippen LogP) is 0.771. The number of carbonyl (C=O) groups is 1. The van der Waals surface area contributed by atoms with Crippen LogP contribution in [0.1, 0.15) is 26.7 Å². The van der Waals surface area contributed by atoms with Crippen LogP contribution in [0.4, 0.5) is 0 Å². The molecule has 1 aliphatic rings. The van der Waals surface area contributed by atoms with E-state index < -0.39 is 0 Å². The van der Waals surface area contributed by atoms with Gasteiger partial charge in [0, 0.05) is 31.6 Å². The summed E-state index contributed by atoms with van der Waals surface area (Å²) >= 11 is 0. The second-order valence-corrected chi connectivity index (χ2v) is 4.41. The smallest absolute Gasteiger partial charge is 0.222 e. The third-order valence-electron chi connectivity index (χ3n) is 2.83. The Balaban J connectivity index is 2.32. The van der Waals surface area contributed by atoms with Gasteiger partial charge in [-0.05, 0) is 12.8 Å². The number of hydrogen-bond donors (Lipinski definition) is 2. The highest BCUT2D eigenvalue weighted by Crippen LogP contribution is 2.28. The van der Waals surface area contributed by atoms with E-state index in [-0.39, 0.29) is 17.9 Å². The predicted molar refractivity (Wildman–Crippen MR) is 65.5 cm³/mol. The number of hydrazone groups is 1. The van der Waals surface area contributed by atoms with Crippen LogP contribution in [0.2, 0.25) is 0 Å². The van der Waals surface area contributed by atoms with Gasteiger partial charge >= 0.3 is 0 Å². The maximum atomic E-state index is 11.4. The molecule has 0 aromatic rings. The normalized spacial score (nSPS) is 24.9. The van der Waals surface area contributed by atoms with Crippen molar-refractivity contribution in [3.8, 4) is 0 Å². The van der Waals surface area contributed by atoms with Gasteiger partial charge in [-0.2, -0.15) is 5.10 Å². The van der Waals surface area contributed by atoms with Crippen molar-refractivity contribution in [2.75, 3.05) is 7.05 Å². The van der Waals surface area contributed by atoms with Crippen LogP contribution in [0.25, 0.3) is 0 Å². The zero-order chi connectivity index (χ0) is 12.1. The quantitative estimate of drug-likeness (QED) is 0.421. The maximum Gasteiger partial charge on any atom is 0.222 e. The van der Waals surface area contributed by atoms with Gasteiger partial charge in [0.2, 0.25) is 5.91 Å². The summed E-state index contributed by atoms with van der Waals surface area (Å²) in [6.45, 7) is 7.16.